The number of nitrogens with one attached hydrogen (secondary N) is 2. The van der Waals surface area contributed by atoms with Gasteiger partial charge in [-0.1, -0.05) is 29.8 Å². The second-order valence-corrected chi connectivity index (χ2v) is 6.83. The first-order valence-corrected chi connectivity index (χ1v) is 9.38. The Balaban J connectivity index is 0.00000261. The Bertz CT molecular complexity index is 722. The Hall–Kier alpha value is -1.61. The summed E-state index contributed by atoms with van der Waals surface area (Å²) in [4.78, 5) is 8.94. The summed E-state index contributed by atoms with van der Waals surface area (Å²) in [5, 5.41) is 16.3. The molecule has 0 bridgehead atoms. The van der Waals surface area contributed by atoms with E-state index in [9.17, 15) is 5.11 Å². The van der Waals surface area contributed by atoms with Gasteiger partial charge in [-0.25, -0.2) is 9.98 Å². The van der Waals surface area contributed by atoms with Gasteiger partial charge in [-0.15, -0.1) is 24.0 Å². The van der Waals surface area contributed by atoms with Crippen LogP contribution in [-0.4, -0.2) is 34.7 Å². The number of oxazole rings is 1. The van der Waals surface area contributed by atoms with Crippen LogP contribution in [0.2, 0.25) is 0 Å². The first kappa shape index (κ1) is 21.7. The van der Waals surface area contributed by atoms with Crippen LogP contribution in [0.25, 0.3) is 11.3 Å². The molecule has 0 radical (unpaired) electrons. The largest absolute Gasteiger partial charge is 0.439 e. The highest BCUT2D eigenvalue weighted by Crippen LogP contribution is 2.21. The number of guanidine groups is 1. The predicted molar refractivity (Wildman–Crippen MR) is 118 cm³/mol. The number of rotatable bonds is 5. The van der Waals surface area contributed by atoms with Crippen LogP contribution in [0.4, 0.5) is 0 Å². The Labute approximate surface area is 177 Å². The molecule has 0 unspecified atom stereocenters. The predicted octanol–water partition coefficient (Wildman–Crippen LogP) is 3.63. The van der Waals surface area contributed by atoms with E-state index in [2.05, 4.69) is 39.7 Å². The molecular weight excluding hydrogens is 455 g/mol. The van der Waals surface area contributed by atoms with Crippen LogP contribution in [0, 0.1) is 6.92 Å². The standard InChI is InChI=1S/C20H28N4O2.HI/c1-3-21-20(24-16-8-10-17(25)11-9-16)23-13-19-22-12-18(26-19)15-6-4-14(2)5-7-15;/h4-7,12,16-17,25H,3,8-11,13H2,1-2H3,(H2,21,23,24);1H. The molecule has 1 aromatic carbocycles. The molecule has 6 nitrogen and oxygen atoms in total. The lowest BCUT2D eigenvalue weighted by Crippen LogP contribution is -2.45. The minimum absolute atomic E-state index is 0. The fraction of sp³-hybridized carbons (Fsp3) is 0.500. The minimum atomic E-state index is -0.153. The molecule has 148 valence electrons. The van der Waals surface area contributed by atoms with Crippen molar-refractivity contribution in [2.45, 2.75) is 58.2 Å². The van der Waals surface area contributed by atoms with E-state index in [1.807, 2.05) is 19.1 Å². The molecule has 0 aliphatic heterocycles. The van der Waals surface area contributed by atoms with Gasteiger partial charge in [0.05, 0.1) is 12.3 Å². The number of aryl methyl sites for hydroxylation is 1. The van der Waals surface area contributed by atoms with Crippen LogP contribution < -0.4 is 10.6 Å². The third-order valence-corrected chi connectivity index (χ3v) is 4.64. The monoisotopic (exact) mass is 484 g/mol. The van der Waals surface area contributed by atoms with Gasteiger partial charge < -0.3 is 20.2 Å². The number of benzene rings is 1. The number of halogens is 1. The summed E-state index contributed by atoms with van der Waals surface area (Å²) in [6, 6.07) is 8.54. The first-order chi connectivity index (χ1) is 12.6. The molecule has 0 amide bonds. The number of aliphatic hydroxyl groups is 1. The number of aromatic nitrogens is 1. The second-order valence-electron chi connectivity index (χ2n) is 6.83. The number of hydrogen-bond donors (Lipinski definition) is 3. The van der Waals surface area contributed by atoms with Crippen molar-refractivity contribution in [3.05, 3.63) is 41.9 Å². The molecular formula is C20H29IN4O2. The molecule has 27 heavy (non-hydrogen) atoms. The maximum Gasteiger partial charge on any atom is 0.216 e. The molecule has 2 aromatic rings. The topological polar surface area (TPSA) is 82.7 Å². The Morgan fingerprint density at radius 1 is 1.22 bits per heavy atom. The Kier molecular flexibility index (Phi) is 8.56. The number of aliphatic hydroxyl groups excluding tert-OH is 1. The highest BCUT2D eigenvalue weighted by Gasteiger charge is 2.20. The third-order valence-electron chi connectivity index (χ3n) is 4.64. The summed E-state index contributed by atoms with van der Waals surface area (Å²) in [6.07, 6.45) is 5.20. The van der Waals surface area contributed by atoms with Crippen LogP contribution in [0.15, 0.2) is 39.9 Å². The highest BCUT2D eigenvalue weighted by atomic mass is 127. The van der Waals surface area contributed by atoms with Crippen LogP contribution in [-0.2, 0) is 6.54 Å². The van der Waals surface area contributed by atoms with Crippen molar-refractivity contribution < 1.29 is 9.52 Å². The van der Waals surface area contributed by atoms with E-state index in [1.54, 1.807) is 6.20 Å². The summed E-state index contributed by atoms with van der Waals surface area (Å²) in [7, 11) is 0. The molecule has 0 spiro atoms. The molecule has 1 aromatic heterocycles. The summed E-state index contributed by atoms with van der Waals surface area (Å²) < 4.78 is 5.84. The van der Waals surface area contributed by atoms with Crippen molar-refractivity contribution in [3.8, 4) is 11.3 Å². The van der Waals surface area contributed by atoms with E-state index in [0.717, 1.165) is 49.5 Å². The zero-order valence-corrected chi connectivity index (χ0v) is 18.3. The number of aliphatic imine (C=N–C) groups is 1. The molecule has 1 aliphatic rings. The summed E-state index contributed by atoms with van der Waals surface area (Å²) in [5.74, 6) is 2.12. The maximum atomic E-state index is 9.63. The molecule has 1 aliphatic carbocycles. The van der Waals surface area contributed by atoms with Crippen molar-refractivity contribution >= 4 is 29.9 Å². The van der Waals surface area contributed by atoms with Crippen molar-refractivity contribution in [3.63, 3.8) is 0 Å². The van der Waals surface area contributed by atoms with E-state index in [4.69, 9.17) is 4.42 Å². The number of hydrogen-bond acceptors (Lipinski definition) is 4. The minimum Gasteiger partial charge on any atom is -0.439 e. The van der Waals surface area contributed by atoms with Gasteiger partial charge in [0.15, 0.2) is 11.7 Å². The maximum absolute atomic E-state index is 9.63. The summed E-state index contributed by atoms with van der Waals surface area (Å²) >= 11 is 0. The molecule has 1 heterocycles. The van der Waals surface area contributed by atoms with Crippen molar-refractivity contribution in [2.75, 3.05) is 6.54 Å². The fourth-order valence-electron chi connectivity index (χ4n) is 3.11. The Morgan fingerprint density at radius 2 is 1.93 bits per heavy atom. The quantitative estimate of drug-likeness (QED) is 0.343. The van der Waals surface area contributed by atoms with Crippen LogP contribution in [0.1, 0.15) is 44.1 Å². The van der Waals surface area contributed by atoms with Crippen LogP contribution in [0.5, 0.6) is 0 Å². The van der Waals surface area contributed by atoms with Crippen molar-refractivity contribution in [2.24, 2.45) is 4.99 Å². The lowest BCUT2D eigenvalue weighted by molar-refractivity contribution is 0.120. The highest BCUT2D eigenvalue weighted by molar-refractivity contribution is 14.0. The van der Waals surface area contributed by atoms with Crippen LogP contribution in [0.3, 0.4) is 0 Å². The van der Waals surface area contributed by atoms with Gasteiger partial charge in [0.2, 0.25) is 5.89 Å². The molecule has 3 rings (SSSR count). The average Bonchev–Trinajstić information content (AvgIpc) is 3.11. The molecule has 0 saturated heterocycles. The molecule has 1 fully saturated rings. The van der Waals surface area contributed by atoms with E-state index in [-0.39, 0.29) is 30.1 Å². The van der Waals surface area contributed by atoms with Gasteiger partial charge in [0.25, 0.3) is 0 Å². The van der Waals surface area contributed by atoms with Gasteiger partial charge in [-0.2, -0.15) is 0 Å². The number of nitrogens with zero attached hydrogens (tertiary/aromatic N) is 2. The summed E-state index contributed by atoms with van der Waals surface area (Å²) in [5.41, 5.74) is 2.24. The normalized spacial score (nSPS) is 20.0. The third kappa shape index (κ3) is 6.49. The van der Waals surface area contributed by atoms with E-state index in [1.165, 1.54) is 5.56 Å². The van der Waals surface area contributed by atoms with Gasteiger partial charge in [0.1, 0.15) is 6.54 Å². The Morgan fingerprint density at radius 3 is 2.59 bits per heavy atom. The molecule has 3 N–H and O–H groups in total. The van der Waals surface area contributed by atoms with Gasteiger partial charge in [0, 0.05) is 18.2 Å². The molecule has 7 heteroatoms. The van der Waals surface area contributed by atoms with E-state index in [0.29, 0.717) is 18.5 Å². The molecule has 0 atom stereocenters. The second kappa shape index (κ2) is 10.7. The zero-order valence-electron chi connectivity index (χ0n) is 15.9. The van der Waals surface area contributed by atoms with Crippen LogP contribution >= 0.6 is 24.0 Å². The van der Waals surface area contributed by atoms with Crippen molar-refractivity contribution in [1.29, 1.82) is 0 Å². The zero-order chi connectivity index (χ0) is 18.4. The van der Waals surface area contributed by atoms with Gasteiger partial charge in [-0.3, -0.25) is 0 Å². The molecule has 1 saturated carbocycles. The smallest absolute Gasteiger partial charge is 0.216 e. The fourth-order valence-corrected chi connectivity index (χ4v) is 3.11. The van der Waals surface area contributed by atoms with Gasteiger partial charge >= 0.3 is 0 Å². The SMILES string of the molecule is CCNC(=NCc1ncc(-c2ccc(C)cc2)o1)NC1CCC(O)CC1.I. The van der Waals surface area contributed by atoms with Crippen molar-refractivity contribution in [1.82, 2.24) is 15.6 Å². The summed E-state index contributed by atoms with van der Waals surface area (Å²) in [6.45, 7) is 5.28. The van der Waals surface area contributed by atoms with E-state index >= 15 is 0 Å². The van der Waals surface area contributed by atoms with Gasteiger partial charge in [-0.05, 0) is 39.5 Å². The average molecular weight is 484 g/mol. The first-order valence-electron chi connectivity index (χ1n) is 9.38. The lowest BCUT2D eigenvalue weighted by Gasteiger charge is -2.27. The van der Waals surface area contributed by atoms with E-state index < -0.39 is 0 Å². The lowest BCUT2D eigenvalue weighted by atomic mass is 9.93.